The predicted molar refractivity (Wildman–Crippen MR) is 148 cm³/mol. The van der Waals surface area contributed by atoms with Crippen molar-refractivity contribution in [3.63, 3.8) is 0 Å². The summed E-state index contributed by atoms with van der Waals surface area (Å²) in [6, 6.07) is 20.1. The molecule has 0 aromatic heterocycles. The number of hydrogen-bond acceptors (Lipinski definition) is 3. The number of benzene rings is 2. The van der Waals surface area contributed by atoms with Crippen LogP contribution in [0.3, 0.4) is 0 Å². The molecular weight excluding hydrogens is 523 g/mol. The number of piperidine rings is 1. The fraction of sp³-hybridized carbons (Fsp3) is 0.519. The van der Waals surface area contributed by atoms with Crippen LogP contribution in [0, 0.1) is 6.92 Å². The van der Waals surface area contributed by atoms with Crippen molar-refractivity contribution in [3.05, 3.63) is 71.3 Å². The van der Waals surface area contributed by atoms with Crippen LogP contribution in [-0.2, 0) is 16.7 Å². The second kappa shape index (κ2) is 12.7. The van der Waals surface area contributed by atoms with Crippen molar-refractivity contribution >= 4 is 29.9 Å². The van der Waals surface area contributed by atoms with E-state index in [0.717, 1.165) is 71.0 Å². The van der Waals surface area contributed by atoms with Crippen LogP contribution in [0.1, 0.15) is 42.4 Å². The lowest BCUT2D eigenvalue weighted by molar-refractivity contribution is 0.0511. The van der Waals surface area contributed by atoms with Crippen molar-refractivity contribution < 1.29 is 4.74 Å². The molecule has 2 N–H and O–H groups in total. The number of aryl methyl sites for hydroxylation is 1. The zero-order valence-corrected chi connectivity index (χ0v) is 22.4. The Morgan fingerprint density at radius 3 is 2.36 bits per heavy atom. The minimum absolute atomic E-state index is 0. The van der Waals surface area contributed by atoms with Gasteiger partial charge in [-0.1, -0.05) is 54.6 Å². The summed E-state index contributed by atoms with van der Waals surface area (Å²) in [6.07, 6.45) is 4.37. The van der Waals surface area contributed by atoms with Crippen molar-refractivity contribution in [1.82, 2.24) is 15.5 Å². The molecule has 2 heterocycles. The van der Waals surface area contributed by atoms with Crippen molar-refractivity contribution in [1.29, 1.82) is 0 Å². The molecule has 2 aliphatic heterocycles. The summed E-state index contributed by atoms with van der Waals surface area (Å²) in [5.74, 6) is 0.922. The summed E-state index contributed by atoms with van der Waals surface area (Å²) in [4.78, 5) is 7.10. The molecule has 6 heteroatoms. The van der Waals surface area contributed by atoms with Gasteiger partial charge in [-0.05, 0) is 49.3 Å². The highest BCUT2D eigenvalue weighted by Gasteiger charge is 2.35. The Morgan fingerprint density at radius 2 is 1.70 bits per heavy atom. The van der Waals surface area contributed by atoms with Gasteiger partial charge in [0.15, 0.2) is 5.96 Å². The van der Waals surface area contributed by atoms with Gasteiger partial charge in [-0.2, -0.15) is 0 Å². The van der Waals surface area contributed by atoms with Crippen LogP contribution in [0.15, 0.2) is 59.6 Å². The monoisotopic (exact) mass is 562 g/mol. The molecule has 0 bridgehead atoms. The maximum atomic E-state index is 5.72. The Morgan fingerprint density at radius 1 is 1.03 bits per heavy atom. The first-order valence-corrected chi connectivity index (χ1v) is 12.1. The van der Waals surface area contributed by atoms with Crippen LogP contribution < -0.4 is 10.6 Å². The van der Waals surface area contributed by atoms with E-state index in [9.17, 15) is 0 Å². The van der Waals surface area contributed by atoms with E-state index in [1.165, 1.54) is 16.7 Å². The normalized spacial score (nSPS) is 19.5. The summed E-state index contributed by atoms with van der Waals surface area (Å²) in [6.45, 7) is 8.03. The van der Waals surface area contributed by atoms with Gasteiger partial charge in [0.05, 0.1) is 0 Å². The van der Waals surface area contributed by atoms with Crippen LogP contribution >= 0.6 is 24.0 Å². The molecule has 33 heavy (non-hydrogen) atoms. The Hall–Kier alpha value is -1.64. The molecule has 0 saturated carbocycles. The average Bonchev–Trinajstić information content (AvgIpc) is 2.84. The number of nitrogens with one attached hydrogen (secondary N) is 2. The third-order valence-corrected chi connectivity index (χ3v) is 7.16. The number of guanidine groups is 1. The maximum absolute atomic E-state index is 5.72. The summed E-state index contributed by atoms with van der Waals surface area (Å²) in [5.41, 5.74) is 4.31. The number of rotatable bonds is 6. The molecular formula is C27H39IN4O. The van der Waals surface area contributed by atoms with Crippen LogP contribution in [0.4, 0.5) is 0 Å². The second-order valence-electron chi connectivity index (χ2n) is 9.31. The van der Waals surface area contributed by atoms with Crippen LogP contribution in [-0.4, -0.2) is 56.8 Å². The number of aliphatic imine (C=N–C) groups is 1. The van der Waals surface area contributed by atoms with Crippen molar-refractivity contribution in [2.75, 3.05) is 39.9 Å². The summed E-state index contributed by atoms with van der Waals surface area (Å²) in [7, 11) is 1.88. The SMILES string of the molecule is CN=C(NCC1(c2ccccc2C)CCOCC1)NC1CCN(Cc2ccccc2)CC1.I. The molecule has 0 spiro atoms. The molecule has 0 atom stereocenters. The lowest BCUT2D eigenvalue weighted by atomic mass is 9.72. The zero-order valence-electron chi connectivity index (χ0n) is 20.1. The van der Waals surface area contributed by atoms with Gasteiger partial charge >= 0.3 is 0 Å². The fourth-order valence-electron chi connectivity index (χ4n) is 5.19. The molecule has 0 aliphatic carbocycles. The molecule has 0 amide bonds. The van der Waals surface area contributed by atoms with Gasteiger partial charge in [0.1, 0.15) is 0 Å². The third kappa shape index (κ3) is 6.93. The lowest BCUT2D eigenvalue weighted by Gasteiger charge is -2.39. The van der Waals surface area contributed by atoms with Crippen LogP contribution in [0.2, 0.25) is 0 Å². The largest absolute Gasteiger partial charge is 0.381 e. The Balaban J connectivity index is 0.00000306. The Labute approximate surface area is 216 Å². The summed E-state index contributed by atoms with van der Waals surface area (Å²) >= 11 is 0. The molecule has 5 nitrogen and oxygen atoms in total. The zero-order chi connectivity index (χ0) is 22.2. The van der Waals surface area contributed by atoms with Gasteiger partial charge in [0, 0.05) is 57.9 Å². The summed E-state index contributed by atoms with van der Waals surface area (Å²) < 4.78 is 5.72. The van der Waals surface area contributed by atoms with Crippen molar-refractivity contribution in [2.24, 2.45) is 4.99 Å². The summed E-state index contributed by atoms with van der Waals surface area (Å²) in [5, 5.41) is 7.37. The molecule has 2 aromatic rings. The standard InChI is InChI=1S/C27H38N4O.HI/c1-22-8-6-7-11-25(22)27(14-18-32-19-15-27)21-29-26(28-2)30-24-12-16-31(17-13-24)20-23-9-4-3-5-10-23;/h3-11,24H,12-21H2,1-2H3,(H2,28,29,30);1H. The van der Waals surface area contributed by atoms with E-state index in [4.69, 9.17) is 4.74 Å². The average molecular weight is 563 g/mol. The first kappa shape index (κ1) is 26.0. The molecule has 2 fully saturated rings. The van der Waals surface area contributed by atoms with E-state index < -0.39 is 0 Å². The highest BCUT2D eigenvalue weighted by atomic mass is 127. The fourth-order valence-corrected chi connectivity index (χ4v) is 5.19. The number of hydrogen-bond donors (Lipinski definition) is 2. The molecule has 4 rings (SSSR count). The topological polar surface area (TPSA) is 48.9 Å². The number of ether oxygens (including phenoxy) is 1. The maximum Gasteiger partial charge on any atom is 0.191 e. The van der Waals surface area contributed by atoms with Gasteiger partial charge in [-0.3, -0.25) is 9.89 Å². The highest BCUT2D eigenvalue weighted by molar-refractivity contribution is 14.0. The Bertz CT molecular complexity index is 875. The van der Waals surface area contributed by atoms with Gasteiger partial charge in [-0.25, -0.2) is 0 Å². The smallest absolute Gasteiger partial charge is 0.191 e. The minimum Gasteiger partial charge on any atom is -0.381 e. The van der Waals surface area contributed by atoms with Crippen LogP contribution in [0.25, 0.3) is 0 Å². The van der Waals surface area contributed by atoms with Crippen molar-refractivity contribution in [2.45, 2.75) is 50.6 Å². The van der Waals surface area contributed by atoms with Gasteiger partial charge in [0.25, 0.3) is 0 Å². The Kier molecular flexibility index (Phi) is 10.0. The molecule has 180 valence electrons. The highest BCUT2D eigenvalue weighted by Crippen LogP contribution is 2.36. The second-order valence-corrected chi connectivity index (χ2v) is 9.31. The van der Waals surface area contributed by atoms with Gasteiger partial charge < -0.3 is 15.4 Å². The van der Waals surface area contributed by atoms with E-state index >= 15 is 0 Å². The first-order valence-electron chi connectivity index (χ1n) is 12.1. The van der Waals surface area contributed by atoms with Gasteiger partial charge in [0.2, 0.25) is 0 Å². The molecule has 2 saturated heterocycles. The third-order valence-electron chi connectivity index (χ3n) is 7.16. The van der Waals surface area contributed by atoms with E-state index in [2.05, 4.69) is 82.0 Å². The lowest BCUT2D eigenvalue weighted by Crippen LogP contribution is -2.52. The van der Waals surface area contributed by atoms with Crippen LogP contribution in [0.5, 0.6) is 0 Å². The molecule has 0 radical (unpaired) electrons. The molecule has 2 aliphatic rings. The number of likely N-dealkylation sites (tertiary alicyclic amines) is 1. The first-order chi connectivity index (χ1) is 15.7. The quantitative estimate of drug-likeness (QED) is 0.310. The van der Waals surface area contributed by atoms with E-state index in [1.54, 1.807) is 0 Å². The number of halogens is 1. The van der Waals surface area contributed by atoms with Gasteiger partial charge in [-0.15, -0.1) is 24.0 Å². The van der Waals surface area contributed by atoms with E-state index in [1.807, 2.05) is 7.05 Å². The van der Waals surface area contributed by atoms with E-state index in [-0.39, 0.29) is 29.4 Å². The minimum atomic E-state index is 0. The van der Waals surface area contributed by atoms with E-state index in [0.29, 0.717) is 6.04 Å². The molecule has 0 unspecified atom stereocenters. The van der Waals surface area contributed by atoms with Crippen molar-refractivity contribution in [3.8, 4) is 0 Å². The number of nitrogens with zero attached hydrogens (tertiary/aromatic N) is 2. The predicted octanol–water partition coefficient (Wildman–Crippen LogP) is 4.49. The molecule has 2 aromatic carbocycles.